The quantitative estimate of drug-likeness (QED) is 0.802. The van der Waals surface area contributed by atoms with Crippen molar-refractivity contribution >= 4 is 0 Å². The van der Waals surface area contributed by atoms with E-state index in [0.717, 1.165) is 5.56 Å². The van der Waals surface area contributed by atoms with Crippen LogP contribution in [0.5, 0.6) is 0 Å². The molecule has 0 amide bonds. The van der Waals surface area contributed by atoms with Crippen molar-refractivity contribution in [2.45, 2.75) is 32.6 Å². The third-order valence-corrected chi connectivity index (χ3v) is 2.64. The molecule has 0 bridgehead atoms. The maximum atomic E-state index is 11.8. The van der Waals surface area contributed by atoms with Crippen molar-refractivity contribution in [1.82, 2.24) is 4.57 Å². The number of aromatic nitrogens is 1. The monoisotopic (exact) mass is 264 g/mol. The number of nitrogens with two attached hydrogens (primary N) is 1. The fraction of sp³-hybridized carbons (Fsp3) is 0.667. The van der Waals surface area contributed by atoms with Gasteiger partial charge in [-0.2, -0.15) is 13.2 Å². The maximum Gasteiger partial charge on any atom is 0.411 e. The average molecular weight is 264 g/mol. The van der Waals surface area contributed by atoms with Gasteiger partial charge < -0.3 is 15.0 Å². The number of nitrogens with zero attached hydrogens (tertiary/aromatic N) is 1. The summed E-state index contributed by atoms with van der Waals surface area (Å²) in [5.41, 5.74) is 6.96. The lowest BCUT2D eigenvalue weighted by atomic mass is 10.00. The fourth-order valence-electron chi connectivity index (χ4n) is 1.54. The van der Waals surface area contributed by atoms with Crippen LogP contribution in [0.3, 0.4) is 0 Å². The van der Waals surface area contributed by atoms with E-state index in [0.29, 0.717) is 12.5 Å². The minimum Gasteiger partial charge on any atom is -0.370 e. The molecule has 0 aromatic carbocycles. The third-order valence-electron chi connectivity index (χ3n) is 2.64. The number of rotatable bonds is 6. The molecule has 1 atom stereocenters. The third kappa shape index (κ3) is 5.10. The van der Waals surface area contributed by atoms with Crippen molar-refractivity contribution < 1.29 is 17.9 Å². The van der Waals surface area contributed by atoms with Crippen LogP contribution < -0.4 is 5.73 Å². The molecule has 0 aliphatic carbocycles. The van der Waals surface area contributed by atoms with Gasteiger partial charge in [-0.25, -0.2) is 0 Å². The molecular weight excluding hydrogens is 245 g/mol. The molecule has 1 heterocycles. The molecule has 0 saturated carbocycles. The molecule has 0 aliphatic rings. The summed E-state index contributed by atoms with van der Waals surface area (Å²) in [5.74, 6) is 0.322. The van der Waals surface area contributed by atoms with E-state index >= 15 is 0 Å². The van der Waals surface area contributed by atoms with Gasteiger partial charge in [0, 0.05) is 25.0 Å². The zero-order valence-corrected chi connectivity index (χ0v) is 10.6. The van der Waals surface area contributed by atoms with Gasteiger partial charge in [-0.15, -0.1) is 0 Å². The number of hydrogen-bond donors (Lipinski definition) is 1. The Kier molecular flexibility index (Phi) is 5.22. The van der Waals surface area contributed by atoms with Crippen molar-refractivity contribution in [1.29, 1.82) is 0 Å². The van der Waals surface area contributed by atoms with Crippen molar-refractivity contribution in [2.24, 2.45) is 11.7 Å². The Morgan fingerprint density at radius 2 is 2.06 bits per heavy atom. The highest BCUT2D eigenvalue weighted by molar-refractivity contribution is 5.15. The minimum atomic E-state index is -4.26. The van der Waals surface area contributed by atoms with Gasteiger partial charge in [-0.05, 0) is 17.5 Å². The van der Waals surface area contributed by atoms with Gasteiger partial charge in [0.2, 0.25) is 0 Å². The van der Waals surface area contributed by atoms with Crippen LogP contribution >= 0.6 is 0 Å². The van der Waals surface area contributed by atoms with E-state index in [-0.39, 0.29) is 12.6 Å². The van der Waals surface area contributed by atoms with Crippen LogP contribution in [0.4, 0.5) is 13.2 Å². The summed E-state index contributed by atoms with van der Waals surface area (Å²) in [7, 11) is 0. The SMILES string of the molecule is CC(C)C(N)c1ccn(CCOCC(F)(F)F)c1. The van der Waals surface area contributed by atoms with Crippen molar-refractivity contribution in [3.05, 3.63) is 24.0 Å². The van der Waals surface area contributed by atoms with Crippen LogP contribution in [0.2, 0.25) is 0 Å². The van der Waals surface area contributed by atoms with Crippen LogP contribution in [0.15, 0.2) is 18.5 Å². The van der Waals surface area contributed by atoms with Gasteiger partial charge in [0.05, 0.1) is 6.61 Å². The Bertz CT molecular complexity index is 360. The highest BCUT2D eigenvalue weighted by Crippen LogP contribution is 2.19. The zero-order valence-electron chi connectivity index (χ0n) is 10.6. The van der Waals surface area contributed by atoms with Crippen LogP contribution in [0, 0.1) is 5.92 Å². The first-order valence-electron chi connectivity index (χ1n) is 5.85. The first-order valence-corrected chi connectivity index (χ1v) is 5.85. The van der Waals surface area contributed by atoms with Crippen LogP contribution in [-0.2, 0) is 11.3 Å². The lowest BCUT2D eigenvalue weighted by Gasteiger charge is -2.13. The molecule has 1 aromatic rings. The van der Waals surface area contributed by atoms with Crippen molar-refractivity contribution in [3.63, 3.8) is 0 Å². The van der Waals surface area contributed by atoms with Crippen LogP contribution in [0.1, 0.15) is 25.5 Å². The summed E-state index contributed by atoms with van der Waals surface area (Å²) in [6, 6.07) is 1.83. The van der Waals surface area contributed by atoms with Crippen molar-refractivity contribution in [3.8, 4) is 0 Å². The van der Waals surface area contributed by atoms with E-state index in [1.807, 2.05) is 26.1 Å². The molecule has 18 heavy (non-hydrogen) atoms. The van der Waals surface area contributed by atoms with Gasteiger partial charge in [0.15, 0.2) is 0 Å². The first-order chi connectivity index (χ1) is 8.29. The van der Waals surface area contributed by atoms with Crippen molar-refractivity contribution in [2.75, 3.05) is 13.2 Å². The van der Waals surface area contributed by atoms with E-state index in [2.05, 4.69) is 4.74 Å². The second kappa shape index (κ2) is 6.24. The topological polar surface area (TPSA) is 40.2 Å². The summed E-state index contributed by atoms with van der Waals surface area (Å²) < 4.78 is 41.8. The summed E-state index contributed by atoms with van der Waals surface area (Å²) in [5, 5.41) is 0. The molecular formula is C12H19F3N2O. The molecule has 0 saturated heterocycles. The summed E-state index contributed by atoms with van der Waals surface area (Å²) in [6.07, 6.45) is -0.613. The van der Waals surface area contributed by atoms with Gasteiger partial charge in [0.25, 0.3) is 0 Å². The number of ether oxygens (including phenoxy) is 1. The second-order valence-corrected chi connectivity index (χ2v) is 4.62. The Labute approximate surface area is 105 Å². The molecule has 2 N–H and O–H groups in total. The molecule has 3 nitrogen and oxygen atoms in total. The molecule has 0 fully saturated rings. The molecule has 0 aliphatic heterocycles. The Hall–Kier alpha value is -1.01. The highest BCUT2D eigenvalue weighted by atomic mass is 19.4. The molecule has 1 unspecified atom stereocenters. The van der Waals surface area contributed by atoms with E-state index in [1.165, 1.54) is 0 Å². The average Bonchev–Trinajstić information content (AvgIpc) is 2.70. The van der Waals surface area contributed by atoms with Gasteiger partial charge in [-0.1, -0.05) is 13.8 Å². The summed E-state index contributed by atoms with van der Waals surface area (Å²) >= 11 is 0. The number of halogens is 3. The molecule has 1 rings (SSSR count). The summed E-state index contributed by atoms with van der Waals surface area (Å²) in [6.45, 7) is 3.26. The smallest absolute Gasteiger partial charge is 0.370 e. The van der Waals surface area contributed by atoms with Gasteiger partial charge >= 0.3 is 6.18 Å². The summed E-state index contributed by atoms with van der Waals surface area (Å²) in [4.78, 5) is 0. The Morgan fingerprint density at radius 3 is 2.61 bits per heavy atom. The van der Waals surface area contributed by atoms with E-state index < -0.39 is 12.8 Å². The zero-order chi connectivity index (χ0) is 13.8. The van der Waals surface area contributed by atoms with Gasteiger partial charge in [-0.3, -0.25) is 0 Å². The van der Waals surface area contributed by atoms with Gasteiger partial charge in [0.1, 0.15) is 6.61 Å². The Morgan fingerprint density at radius 1 is 1.39 bits per heavy atom. The normalized spacial score (nSPS) is 14.2. The minimum absolute atomic E-state index is 0.0323. The van der Waals surface area contributed by atoms with Crippen LogP contribution in [-0.4, -0.2) is 24.0 Å². The molecule has 1 aromatic heterocycles. The standard InChI is InChI=1S/C12H19F3N2O/c1-9(2)11(16)10-3-4-17(7-10)5-6-18-8-12(13,14)15/h3-4,7,9,11H,5-6,8,16H2,1-2H3. The molecule has 6 heteroatoms. The predicted octanol–water partition coefficient (Wildman–Crippen LogP) is 2.72. The second-order valence-electron chi connectivity index (χ2n) is 4.62. The highest BCUT2D eigenvalue weighted by Gasteiger charge is 2.27. The number of hydrogen-bond acceptors (Lipinski definition) is 2. The number of alkyl halides is 3. The van der Waals surface area contributed by atoms with E-state index in [9.17, 15) is 13.2 Å². The fourth-order valence-corrected chi connectivity index (χ4v) is 1.54. The molecule has 104 valence electrons. The van der Waals surface area contributed by atoms with E-state index in [4.69, 9.17) is 5.73 Å². The van der Waals surface area contributed by atoms with E-state index in [1.54, 1.807) is 10.8 Å². The first kappa shape index (κ1) is 15.0. The molecule has 0 spiro atoms. The lowest BCUT2D eigenvalue weighted by Crippen LogP contribution is -2.19. The van der Waals surface area contributed by atoms with Crippen LogP contribution in [0.25, 0.3) is 0 Å². The Balaban J connectivity index is 2.36. The largest absolute Gasteiger partial charge is 0.411 e. The molecule has 0 radical (unpaired) electrons. The maximum absolute atomic E-state index is 11.8. The lowest BCUT2D eigenvalue weighted by molar-refractivity contribution is -0.174. The predicted molar refractivity (Wildman–Crippen MR) is 63.1 cm³/mol.